The third-order valence-corrected chi connectivity index (χ3v) is 17.1. The molecule has 0 aromatic carbocycles. The number of hydrogen-bond acceptors (Lipinski definition) is 5. The van der Waals surface area contributed by atoms with Crippen molar-refractivity contribution >= 4 is 13.7 Å². The van der Waals surface area contributed by atoms with E-state index in [9.17, 15) is 19.4 Å². The lowest BCUT2D eigenvalue weighted by Gasteiger charge is -2.25. The van der Waals surface area contributed by atoms with E-state index in [0.29, 0.717) is 17.4 Å². The van der Waals surface area contributed by atoms with Gasteiger partial charge in [-0.05, 0) is 96.3 Å². The molecule has 88 heavy (non-hydrogen) atoms. The van der Waals surface area contributed by atoms with Crippen molar-refractivity contribution in [1.29, 1.82) is 0 Å². The van der Waals surface area contributed by atoms with Crippen molar-refractivity contribution in [2.45, 2.75) is 334 Å². The van der Waals surface area contributed by atoms with Crippen LogP contribution in [-0.4, -0.2) is 73.4 Å². The second-order valence-electron chi connectivity index (χ2n) is 25.9. The van der Waals surface area contributed by atoms with Crippen molar-refractivity contribution < 1.29 is 32.9 Å². The number of likely N-dealkylation sites (N-methyl/N-ethyl adjacent to an activating group) is 1. The zero-order valence-electron chi connectivity index (χ0n) is 58.2. The number of amides is 1. The SMILES string of the molecule is CC/C=C\C/C=C\C/C=C\C/C=C\C/C=C\C/C=C\C/C=C\C/C=C\CCCCCCCCCCCCC(=O)NC(COP(=O)(O)OCC[N+](C)(C)C)C(O)/C=C/CC/C=C/CCCCCCCCCCCCCCCCCCCCCCCCCCC. The Bertz CT molecular complexity index is 1850. The summed E-state index contributed by atoms with van der Waals surface area (Å²) in [6.07, 6.45) is 102. The monoisotopic (exact) mass is 1250 g/mol. The molecule has 1 amide bonds. The van der Waals surface area contributed by atoms with Gasteiger partial charge in [-0.2, -0.15) is 0 Å². The zero-order chi connectivity index (χ0) is 64.1. The van der Waals surface area contributed by atoms with Crippen LogP contribution < -0.4 is 5.32 Å². The highest BCUT2D eigenvalue weighted by Crippen LogP contribution is 2.43. The average molecular weight is 1250 g/mol. The highest BCUT2D eigenvalue weighted by atomic mass is 31.2. The van der Waals surface area contributed by atoms with E-state index in [1.807, 2.05) is 27.2 Å². The summed E-state index contributed by atoms with van der Waals surface area (Å²) in [6.45, 7) is 4.70. The number of phosphoric acid groups is 1. The van der Waals surface area contributed by atoms with Crippen molar-refractivity contribution in [3.8, 4) is 0 Å². The largest absolute Gasteiger partial charge is 0.472 e. The second kappa shape index (κ2) is 68.3. The van der Waals surface area contributed by atoms with Gasteiger partial charge in [0.25, 0.3) is 0 Å². The smallest absolute Gasteiger partial charge is 0.387 e. The van der Waals surface area contributed by atoms with Crippen molar-refractivity contribution in [2.75, 3.05) is 40.9 Å². The van der Waals surface area contributed by atoms with Gasteiger partial charge in [-0.3, -0.25) is 13.8 Å². The van der Waals surface area contributed by atoms with Gasteiger partial charge >= 0.3 is 7.82 Å². The number of unbranched alkanes of at least 4 members (excludes halogenated alkanes) is 36. The number of hydrogen-bond donors (Lipinski definition) is 3. The van der Waals surface area contributed by atoms with Gasteiger partial charge in [-0.1, -0.05) is 341 Å². The Morgan fingerprint density at radius 1 is 0.398 bits per heavy atom. The maximum Gasteiger partial charge on any atom is 0.472 e. The Kier molecular flexibility index (Phi) is 65.9. The molecule has 0 saturated carbocycles. The summed E-state index contributed by atoms with van der Waals surface area (Å²) in [5, 5.41) is 14.0. The molecule has 508 valence electrons. The predicted octanol–water partition coefficient (Wildman–Crippen LogP) is 24.0. The van der Waals surface area contributed by atoms with E-state index in [2.05, 4.69) is 129 Å². The molecular formula is C79H142N2O6P+. The van der Waals surface area contributed by atoms with Gasteiger partial charge in [0.1, 0.15) is 13.2 Å². The van der Waals surface area contributed by atoms with Crippen LogP contribution in [0, 0.1) is 0 Å². The summed E-state index contributed by atoms with van der Waals surface area (Å²) in [5.74, 6) is -0.193. The van der Waals surface area contributed by atoms with Crippen molar-refractivity contribution in [1.82, 2.24) is 5.32 Å². The maximum absolute atomic E-state index is 13.1. The van der Waals surface area contributed by atoms with Gasteiger partial charge in [0, 0.05) is 6.42 Å². The molecule has 0 aromatic heterocycles. The lowest BCUT2D eigenvalue weighted by atomic mass is 10.0. The predicted molar refractivity (Wildman–Crippen MR) is 387 cm³/mol. The van der Waals surface area contributed by atoms with Crippen LogP contribution in [0.2, 0.25) is 0 Å². The van der Waals surface area contributed by atoms with Crippen molar-refractivity contribution in [3.63, 3.8) is 0 Å². The third-order valence-electron chi connectivity index (χ3n) is 16.2. The van der Waals surface area contributed by atoms with Gasteiger partial charge in [0.05, 0.1) is 39.9 Å². The lowest BCUT2D eigenvalue weighted by Crippen LogP contribution is -2.45. The number of quaternary nitrogens is 1. The highest BCUT2D eigenvalue weighted by Gasteiger charge is 2.28. The minimum absolute atomic E-state index is 0.0502. The number of carbonyl (C=O) groups is 1. The van der Waals surface area contributed by atoms with Gasteiger partial charge in [0.2, 0.25) is 5.91 Å². The molecule has 0 aliphatic heterocycles. The summed E-state index contributed by atoms with van der Waals surface area (Å²) in [5.41, 5.74) is 0. The molecular weight excluding hydrogens is 1100 g/mol. The Hall–Kier alpha value is -3.10. The molecule has 8 nitrogen and oxygen atoms in total. The molecule has 3 N–H and O–H groups in total. The summed E-state index contributed by atoms with van der Waals surface area (Å²) >= 11 is 0. The number of phosphoric ester groups is 1. The van der Waals surface area contributed by atoms with E-state index in [0.717, 1.165) is 96.3 Å². The molecule has 9 heteroatoms. The first-order chi connectivity index (χ1) is 43.0. The van der Waals surface area contributed by atoms with Crippen LogP contribution in [0.3, 0.4) is 0 Å². The molecule has 0 spiro atoms. The third kappa shape index (κ3) is 70.4. The van der Waals surface area contributed by atoms with Crippen LogP contribution in [0.25, 0.3) is 0 Å². The Labute approximate surface area is 545 Å². The number of allylic oxidation sites excluding steroid dienone is 19. The molecule has 0 rings (SSSR count). The number of nitrogens with zero attached hydrogens (tertiary/aromatic N) is 1. The van der Waals surface area contributed by atoms with Crippen LogP contribution in [0.4, 0.5) is 0 Å². The Morgan fingerprint density at radius 3 is 1.05 bits per heavy atom. The molecule has 0 aromatic rings. The van der Waals surface area contributed by atoms with Crippen molar-refractivity contribution in [2.24, 2.45) is 0 Å². The summed E-state index contributed by atoms with van der Waals surface area (Å²) in [7, 11) is 1.55. The fourth-order valence-electron chi connectivity index (χ4n) is 10.5. The van der Waals surface area contributed by atoms with E-state index in [4.69, 9.17) is 9.05 Å². The highest BCUT2D eigenvalue weighted by molar-refractivity contribution is 7.47. The summed E-state index contributed by atoms with van der Waals surface area (Å²) < 4.78 is 23.8. The molecule has 0 saturated heterocycles. The Morgan fingerprint density at radius 2 is 0.693 bits per heavy atom. The minimum atomic E-state index is -4.37. The first kappa shape index (κ1) is 84.9. The average Bonchev–Trinajstić information content (AvgIpc) is 3.64. The number of nitrogens with one attached hydrogen (secondary N) is 1. The summed E-state index contributed by atoms with van der Waals surface area (Å²) in [4.78, 5) is 23.4. The molecule has 0 bridgehead atoms. The number of aliphatic hydroxyl groups excluding tert-OH is 1. The molecule has 0 aliphatic carbocycles. The first-order valence-corrected chi connectivity index (χ1v) is 38.4. The minimum Gasteiger partial charge on any atom is -0.387 e. The maximum atomic E-state index is 13.1. The van der Waals surface area contributed by atoms with Crippen molar-refractivity contribution in [3.05, 3.63) is 122 Å². The first-order valence-electron chi connectivity index (χ1n) is 36.9. The van der Waals surface area contributed by atoms with Gasteiger partial charge in [-0.15, -0.1) is 0 Å². The van der Waals surface area contributed by atoms with Crippen LogP contribution in [-0.2, 0) is 18.4 Å². The molecule has 3 unspecified atom stereocenters. The lowest BCUT2D eigenvalue weighted by molar-refractivity contribution is -0.870. The van der Waals surface area contributed by atoms with Crippen LogP contribution in [0.5, 0.6) is 0 Å². The fourth-order valence-corrected chi connectivity index (χ4v) is 11.2. The van der Waals surface area contributed by atoms with E-state index >= 15 is 0 Å². The summed E-state index contributed by atoms with van der Waals surface area (Å²) in [6, 6.07) is -0.876. The van der Waals surface area contributed by atoms with E-state index in [1.165, 1.54) is 205 Å². The Balaban J connectivity index is 4.13. The quantitative estimate of drug-likeness (QED) is 0.0243. The normalized spacial score (nSPS) is 14.3. The van der Waals surface area contributed by atoms with Gasteiger partial charge < -0.3 is 19.8 Å². The van der Waals surface area contributed by atoms with Gasteiger partial charge in [-0.25, -0.2) is 4.57 Å². The molecule has 0 aliphatic rings. The number of rotatable bonds is 67. The van der Waals surface area contributed by atoms with Crippen LogP contribution in [0.1, 0.15) is 322 Å². The fraction of sp³-hybridized carbons (Fsp3) is 0.734. The topological polar surface area (TPSA) is 105 Å². The van der Waals surface area contributed by atoms with E-state index in [-0.39, 0.29) is 19.1 Å². The molecule has 0 radical (unpaired) electrons. The van der Waals surface area contributed by atoms with E-state index < -0.39 is 20.0 Å². The second-order valence-corrected chi connectivity index (χ2v) is 27.4. The van der Waals surface area contributed by atoms with Gasteiger partial charge in [0.15, 0.2) is 0 Å². The van der Waals surface area contributed by atoms with E-state index in [1.54, 1.807) is 6.08 Å². The molecule has 0 fully saturated rings. The number of carbonyl (C=O) groups excluding carboxylic acids is 1. The van der Waals surface area contributed by atoms with Crippen LogP contribution >= 0.6 is 7.82 Å². The molecule has 0 heterocycles. The standard InChI is InChI=1S/C79H141N2O6P/c1-6-8-10-12-14-16-18-20-22-24-26-28-30-32-34-36-38-39-40-41-43-45-47-49-51-53-55-57-59-61-63-65-67-69-71-73-79(83)80-77(76-87-88(84,85)86-75-74-81(3,4)5)78(82)72-70-68-66-64-62-60-58-56-54-52-50-48-46-44-42-37-35-33-31-29-27-25-23-21-19-17-15-13-11-9-7-2/h8,10,14,16,20,22,26,28,32,34,38-39,41,43,47,49,62,64,70,72,77-78,82H,6-7,9,11-13,15,17-19,21,23-25,27,29-31,33,35-37,40,42,44-46,48,50-61,63,65-69,71,73-76H2,1-5H3,(H-,80,83,84,85)/p+1/b10-8-,16-14-,22-20-,28-26-,34-32-,39-38-,43-41-,49-47-,64-62+,72-70+. The number of aliphatic hydroxyl groups is 1. The zero-order valence-corrected chi connectivity index (χ0v) is 59.1. The molecule has 3 atom stereocenters. The van der Waals surface area contributed by atoms with Crippen LogP contribution in [0.15, 0.2) is 122 Å².